The molecule has 2 aromatic carbocycles. The van der Waals surface area contributed by atoms with Crippen molar-refractivity contribution in [1.29, 1.82) is 0 Å². The van der Waals surface area contributed by atoms with Crippen molar-refractivity contribution in [1.82, 2.24) is 0 Å². The van der Waals surface area contributed by atoms with Gasteiger partial charge in [-0.25, -0.2) is 0 Å². The van der Waals surface area contributed by atoms with Gasteiger partial charge in [-0.2, -0.15) is 0 Å². The lowest BCUT2D eigenvalue weighted by Crippen LogP contribution is -2.38. The Morgan fingerprint density at radius 2 is 1.90 bits per heavy atom. The van der Waals surface area contributed by atoms with Crippen LogP contribution in [0.2, 0.25) is 0 Å². The lowest BCUT2D eigenvalue weighted by Gasteiger charge is -2.20. The molecule has 1 aliphatic rings. The van der Waals surface area contributed by atoms with E-state index in [9.17, 15) is 9.59 Å². The van der Waals surface area contributed by atoms with Crippen LogP contribution in [0.5, 0.6) is 5.75 Å². The fourth-order valence-electron chi connectivity index (χ4n) is 3.44. The summed E-state index contributed by atoms with van der Waals surface area (Å²) in [4.78, 5) is 31.7. The third kappa shape index (κ3) is 4.36. The monoisotopic (exact) mass is 433 g/mol. The number of methoxy groups -OCH3 is 1. The topological polar surface area (TPSA) is 71.0 Å². The van der Waals surface area contributed by atoms with E-state index >= 15 is 0 Å². The quantitative estimate of drug-likeness (QED) is 0.656. The molecule has 0 bridgehead atoms. The van der Waals surface area contributed by atoms with E-state index in [1.54, 1.807) is 7.11 Å². The third-order valence-electron chi connectivity index (χ3n) is 5.27. The lowest BCUT2D eigenvalue weighted by molar-refractivity contribution is -0.120. The fraction of sp³-hybridized carbons (Fsp3) is 0.208. The average molecular weight is 434 g/mol. The number of carbonyl (C=O) groups is 2. The minimum absolute atomic E-state index is 0.0142. The molecule has 0 saturated heterocycles. The van der Waals surface area contributed by atoms with Gasteiger partial charge in [-0.15, -0.1) is 11.3 Å². The van der Waals surface area contributed by atoms with Crippen LogP contribution >= 0.6 is 11.3 Å². The smallest absolute Gasteiger partial charge is 0.249 e. The molecule has 6 nitrogen and oxygen atoms in total. The summed E-state index contributed by atoms with van der Waals surface area (Å²) in [7, 11) is 1.62. The number of amides is 2. The number of hydrogen-bond acceptors (Lipinski definition) is 5. The average Bonchev–Trinajstić information content (AvgIpc) is 3.20. The Balaban J connectivity index is 1.58. The molecule has 0 saturated carbocycles. The van der Waals surface area contributed by atoms with Crippen molar-refractivity contribution >= 4 is 39.6 Å². The SMILES string of the molecule is COc1ccc(C2=NCC(=O)N(CC(=O)Nc3ccc(C)c(C)c3)c3sccc32)cc1. The normalized spacial score (nSPS) is 13.3. The van der Waals surface area contributed by atoms with Crippen molar-refractivity contribution < 1.29 is 14.3 Å². The largest absolute Gasteiger partial charge is 0.497 e. The summed E-state index contributed by atoms with van der Waals surface area (Å²) in [6, 6.07) is 15.3. The molecule has 158 valence electrons. The van der Waals surface area contributed by atoms with Gasteiger partial charge >= 0.3 is 0 Å². The number of nitrogens with one attached hydrogen (secondary N) is 1. The van der Waals surface area contributed by atoms with Gasteiger partial charge in [0, 0.05) is 16.8 Å². The molecular weight excluding hydrogens is 410 g/mol. The van der Waals surface area contributed by atoms with E-state index in [4.69, 9.17) is 4.74 Å². The standard InChI is InChI=1S/C24H23N3O3S/c1-15-4-7-18(12-16(15)2)26-21(28)14-27-22(29)13-25-23(20-10-11-31-24(20)27)17-5-8-19(30-3)9-6-17/h4-12H,13-14H2,1-3H3,(H,26,28). The Labute approximate surface area is 185 Å². The van der Waals surface area contributed by atoms with Gasteiger partial charge in [0.2, 0.25) is 11.8 Å². The van der Waals surface area contributed by atoms with E-state index < -0.39 is 0 Å². The molecule has 0 unspecified atom stereocenters. The zero-order chi connectivity index (χ0) is 22.0. The Morgan fingerprint density at radius 3 is 2.61 bits per heavy atom. The number of fused-ring (bicyclic) bond motifs is 1. The number of ether oxygens (including phenoxy) is 1. The molecule has 0 aliphatic carbocycles. The van der Waals surface area contributed by atoms with Crippen molar-refractivity contribution in [2.45, 2.75) is 13.8 Å². The highest BCUT2D eigenvalue weighted by Gasteiger charge is 2.28. The van der Waals surface area contributed by atoms with Crippen LogP contribution in [0.25, 0.3) is 0 Å². The van der Waals surface area contributed by atoms with Crippen LogP contribution in [0, 0.1) is 13.8 Å². The zero-order valence-electron chi connectivity index (χ0n) is 17.6. The van der Waals surface area contributed by atoms with Gasteiger partial charge in [0.15, 0.2) is 0 Å². The molecule has 0 atom stereocenters. The first-order chi connectivity index (χ1) is 15.0. The van der Waals surface area contributed by atoms with Crippen LogP contribution in [-0.2, 0) is 9.59 Å². The van der Waals surface area contributed by atoms with Gasteiger partial charge in [-0.05, 0) is 72.8 Å². The number of carbonyl (C=O) groups excluding carboxylic acids is 2. The molecule has 0 fully saturated rings. The van der Waals surface area contributed by atoms with E-state index in [1.165, 1.54) is 16.2 Å². The van der Waals surface area contributed by atoms with Crippen LogP contribution in [0.1, 0.15) is 22.3 Å². The van der Waals surface area contributed by atoms with E-state index in [-0.39, 0.29) is 24.9 Å². The third-order valence-corrected chi connectivity index (χ3v) is 6.21. The summed E-state index contributed by atoms with van der Waals surface area (Å²) >= 11 is 1.43. The highest BCUT2D eigenvalue weighted by atomic mass is 32.1. The van der Waals surface area contributed by atoms with Crippen molar-refractivity contribution in [3.8, 4) is 5.75 Å². The number of anilines is 2. The molecule has 7 heteroatoms. The minimum Gasteiger partial charge on any atom is -0.497 e. The second kappa shape index (κ2) is 8.73. The Hall–Kier alpha value is -3.45. The van der Waals surface area contributed by atoms with Gasteiger partial charge < -0.3 is 10.1 Å². The van der Waals surface area contributed by atoms with Gasteiger partial charge in [-0.3, -0.25) is 19.5 Å². The fourth-order valence-corrected chi connectivity index (χ4v) is 4.36. The van der Waals surface area contributed by atoms with Crippen molar-refractivity contribution in [2.75, 3.05) is 30.4 Å². The second-order valence-corrected chi connectivity index (χ2v) is 8.25. The first-order valence-corrected chi connectivity index (χ1v) is 10.8. The Bertz CT molecular complexity index is 1170. The molecule has 2 amide bonds. The van der Waals surface area contributed by atoms with Gasteiger partial charge in [0.25, 0.3) is 0 Å². The summed E-state index contributed by atoms with van der Waals surface area (Å²) < 4.78 is 5.23. The number of thiophene rings is 1. The maximum atomic E-state index is 12.9. The van der Waals surface area contributed by atoms with Crippen LogP contribution in [-0.4, -0.2) is 37.7 Å². The highest BCUT2D eigenvalue weighted by molar-refractivity contribution is 7.15. The molecule has 4 rings (SSSR count). The summed E-state index contributed by atoms with van der Waals surface area (Å²) in [5.41, 5.74) is 5.46. The van der Waals surface area contributed by atoms with E-state index in [0.717, 1.165) is 44.4 Å². The van der Waals surface area contributed by atoms with E-state index in [0.29, 0.717) is 0 Å². The number of aliphatic imine (C=N–C) groups is 1. The van der Waals surface area contributed by atoms with Gasteiger partial charge in [0.05, 0.1) is 12.8 Å². The van der Waals surface area contributed by atoms with E-state index in [2.05, 4.69) is 10.3 Å². The lowest BCUT2D eigenvalue weighted by atomic mass is 10.0. The summed E-state index contributed by atoms with van der Waals surface area (Å²) in [6.45, 7) is 3.94. The summed E-state index contributed by atoms with van der Waals surface area (Å²) in [6.07, 6.45) is 0. The predicted molar refractivity (Wildman–Crippen MR) is 125 cm³/mol. The number of aryl methyl sites for hydroxylation is 2. The summed E-state index contributed by atoms with van der Waals surface area (Å²) in [5.74, 6) is 0.301. The van der Waals surface area contributed by atoms with Crippen LogP contribution in [0.4, 0.5) is 10.7 Å². The van der Waals surface area contributed by atoms with Crippen LogP contribution < -0.4 is 15.0 Å². The molecule has 2 heterocycles. The number of rotatable bonds is 5. The van der Waals surface area contributed by atoms with Crippen LogP contribution in [0.3, 0.4) is 0 Å². The van der Waals surface area contributed by atoms with E-state index in [1.807, 2.05) is 67.8 Å². The minimum atomic E-state index is -0.246. The maximum Gasteiger partial charge on any atom is 0.249 e. The van der Waals surface area contributed by atoms with Gasteiger partial charge in [-0.1, -0.05) is 6.07 Å². The number of hydrogen-bond donors (Lipinski definition) is 1. The molecule has 1 N–H and O–H groups in total. The first kappa shape index (κ1) is 20.8. The zero-order valence-corrected chi connectivity index (χ0v) is 18.5. The van der Waals surface area contributed by atoms with Crippen molar-refractivity contribution in [3.63, 3.8) is 0 Å². The molecule has 0 spiro atoms. The maximum absolute atomic E-state index is 12.9. The molecule has 3 aromatic rings. The van der Waals surface area contributed by atoms with Gasteiger partial charge in [0.1, 0.15) is 23.8 Å². The molecule has 1 aliphatic heterocycles. The summed E-state index contributed by atoms with van der Waals surface area (Å²) in [5, 5.41) is 5.54. The molecular formula is C24H23N3O3S. The molecule has 0 radical (unpaired) electrons. The van der Waals surface area contributed by atoms with Crippen molar-refractivity contribution in [3.05, 3.63) is 76.2 Å². The molecule has 1 aromatic heterocycles. The van der Waals surface area contributed by atoms with Crippen LogP contribution in [0.15, 0.2) is 58.9 Å². The highest BCUT2D eigenvalue weighted by Crippen LogP contribution is 2.32. The number of nitrogens with zero attached hydrogens (tertiary/aromatic N) is 2. The second-order valence-electron chi connectivity index (χ2n) is 7.36. The first-order valence-electron chi connectivity index (χ1n) is 9.90. The Kier molecular flexibility index (Phi) is 5.86. The predicted octanol–water partition coefficient (Wildman–Crippen LogP) is 4.20. The van der Waals surface area contributed by atoms with Crippen molar-refractivity contribution in [2.24, 2.45) is 4.99 Å². The number of benzene rings is 2. The Morgan fingerprint density at radius 1 is 1.13 bits per heavy atom. The molecule has 31 heavy (non-hydrogen) atoms.